The smallest absolute Gasteiger partial charge is 0.417 e. The molecular formula is C19H20ClF3N2O4S. The van der Waals surface area contributed by atoms with E-state index in [1.54, 1.807) is 19.2 Å². The van der Waals surface area contributed by atoms with Gasteiger partial charge in [-0.25, -0.2) is 8.42 Å². The molecule has 0 unspecified atom stereocenters. The molecule has 1 amide bonds. The van der Waals surface area contributed by atoms with Crippen molar-refractivity contribution in [2.24, 2.45) is 0 Å². The predicted molar refractivity (Wildman–Crippen MR) is 108 cm³/mol. The number of carbonyl (C=O) groups is 1. The molecule has 0 atom stereocenters. The van der Waals surface area contributed by atoms with Gasteiger partial charge in [0.05, 0.1) is 29.6 Å². The van der Waals surface area contributed by atoms with Crippen molar-refractivity contribution in [3.63, 3.8) is 0 Å². The van der Waals surface area contributed by atoms with Gasteiger partial charge in [0.25, 0.3) is 0 Å². The lowest BCUT2D eigenvalue weighted by atomic mass is 10.1. The molecule has 0 saturated heterocycles. The number of amides is 1. The number of nitrogens with one attached hydrogen (secondary N) is 1. The Labute approximate surface area is 177 Å². The second-order valence-corrected chi connectivity index (χ2v) is 8.69. The molecule has 164 valence electrons. The summed E-state index contributed by atoms with van der Waals surface area (Å²) < 4.78 is 69.1. The van der Waals surface area contributed by atoms with Crippen molar-refractivity contribution >= 4 is 33.2 Å². The molecule has 0 aromatic heterocycles. The van der Waals surface area contributed by atoms with Crippen LogP contribution in [0.15, 0.2) is 42.5 Å². The first-order chi connectivity index (χ1) is 13.9. The summed E-state index contributed by atoms with van der Waals surface area (Å²) in [7, 11) is -2.48. The van der Waals surface area contributed by atoms with Gasteiger partial charge in [-0.2, -0.15) is 13.2 Å². The number of benzene rings is 2. The van der Waals surface area contributed by atoms with Crippen molar-refractivity contribution in [3.05, 3.63) is 58.6 Å². The molecule has 0 bridgehead atoms. The normalized spacial score (nSPS) is 11.8. The minimum Gasteiger partial charge on any atom is -0.497 e. The summed E-state index contributed by atoms with van der Waals surface area (Å²) in [5, 5.41) is 2.00. The van der Waals surface area contributed by atoms with E-state index in [9.17, 15) is 26.4 Å². The zero-order valence-electron chi connectivity index (χ0n) is 16.2. The number of anilines is 1. The SMILES string of the molecule is COc1ccc(CCNC(=O)CN(c2ccc(Cl)c(C(F)(F)F)c2)S(C)(=O)=O)cc1. The molecule has 0 saturated carbocycles. The Balaban J connectivity index is 2.09. The molecule has 1 N–H and O–H groups in total. The maximum Gasteiger partial charge on any atom is 0.417 e. The van der Waals surface area contributed by atoms with Crippen molar-refractivity contribution in [2.45, 2.75) is 12.6 Å². The van der Waals surface area contributed by atoms with Crippen molar-refractivity contribution in [2.75, 3.05) is 30.8 Å². The summed E-state index contributed by atoms with van der Waals surface area (Å²) in [4.78, 5) is 12.2. The van der Waals surface area contributed by atoms with Gasteiger partial charge in [0.1, 0.15) is 12.3 Å². The van der Waals surface area contributed by atoms with E-state index in [0.717, 1.165) is 24.0 Å². The fourth-order valence-electron chi connectivity index (χ4n) is 2.61. The number of carbonyl (C=O) groups excluding carboxylic acids is 1. The molecule has 2 rings (SSSR count). The van der Waals surface area contributed by atoms with Gasteiger partial charge in [0, 0.05) is 6.54 Å². The fourth-order valence-corrected chi connectivity index (χ4v) is 3.68. The number of hydrogen-bond acceptors (Lipinski definition) is 4. The van der Waals surface area contributed by atoms with Crippen LogP contribution in [0.3, 0.4) is 0 Å². The van der Waals surface area contributed by atoms with Gasteiger partial charge in [-0.3, -0.25) is 9.10 Å². The first-order valence-corrected chi connectivity index (χ1v) is 10.9. The van der Waals surface area contributed by atoms with Crippen LogP contribution in [-0.2, 0) is 27.4 Å². The van der Waals surface area contributed by atoms with Crippen LogP contribution in [0.4, 0.5) is 18.9 Å². The van der Waals surface area contributed by atoms with Gasteiger partial charge in [0.15, 0.2) is 0 Å². The van der Waals surface area contributed by atoms with Crippen molar-refractivity contribution < 1.29 is 31.1 Å². The number of ether oxygens (including phenoxy) is 1. The first kappa shape index (κ1) is 23.8. The van der Waals surface area contributed by atoms with Crippen LogP contribution in [0.5, 0.6) is 5.75 Å². The van der Waals surface area contributed by atoms with E-state index in [4.69, 9.17) is 16.3 Å². The summed E-state index contributed by atoms with van der Waals surface area (Å²) in [6.45, 7) is -0.447. The number of sulfonamides is 1. The van der Waals surface area contributed by atoms with Crippen LogP contribution < -0.4 is 14.4 Å². The highest BCUT2D eigenvalue weighted by Crippen LogP contribution is 2.37. The number of hydrogen-bond donors (Lipinski definition) is 1. The van der Waals surface area contributed by atoms with Gasteiger partial charge >= 0.3 is 6.18 Å². The molecular weight excluding hydrogens is 445 g/mol. The minimum absolute atomic E-state index is 0.219. The van der Waals surface area contributed by atoms with Crippen LogP contribution in [0.25, 0.3) is 0 Å². The number of alkyl halides is 3. The Morgan fingerprint density at radius 1 is 1.17 bits per heavy atom. The zero-order valence-corrected chi connectivity index (χ0v) is 17.7. The van der Waals surface area contributed by atoms with Gasteiger partial charge in [-0.05, 0) is 42.3 Å². The van der Waals surface area contributed by atoms with E-state index < -0.39 is 39.2 Å². The van der Waals surface area contributed by atoms with Crippen LogP contribution >= 0.6 is 11.6 Å². The Morgan fingerprint density at radius 2 is 1.80 bits per heavy atom. The third-order valence-electron chi connectivity index (χ3n) is 4.13. The van der Waals surface area contributed by atoms with E-state index in [2.05, 4.69) is 5.32 Å². The summed E-state index contributed by atoms with van der Waals surface area (Å²) in [5.74, 6) is 0.0326. The van der Waals surface area contributed by atoms with Crippen molar-refractivity contribution in [1.82, 2.24) is 5.32 Å². The van der Waals surface area contributed by atoms with Crippen molar-refractivity contribution in [1.29, 1.82) is 0 Å². The zero-order chi connectivity index (χ0) is 22.5. The van der Waals surface area contributed by atoms with E-state index in [-0.39, 0.29) is 12.2 Å². The van der Waals surface area contributed by atoms with E-state index in [1.165, 1.54) is 0 Å². The third-order valence-corrected chi connectivity index (χ3v) is 5.60. The maximum absolute atomic E-state index is 13.1. The quantitative estimate of drug-likeness (QED) is 0.649. The van der Waals surface area contributed by atoms with E-state index in [1.807, 2.05) is 12.1 Å². The van der Waals surface area contributed by atoms with Crippen LogP contribution in [0, 0.1) is 0 Å². The Morgan fingerprint density at radius 3 is 2.33 bits per heavy atom. The lowest BCUT2D eigenvalue weighted by Crippen LogP contribution is -2.41. The Bertz CT molecular complexity index is 996. The molecule has 6 nitrogen and oxygen atoms in total. The van der Waals surface area contributed by atoms with E-state index in [0.29, 0.717) is 22.5 Å². The van der Waals surface area contributed by atoms with Gasteiger partial charge in [0.2, 0.25) is 15.9 Å². The molecule has 0 spiro atoms. The first-order valence-electron chi connectivity index (χ1n) is 8.66. The lowest BCUT2D eigenvalue weighted by molar-refractivity contribution is -0.137. The summed E-state index contributed by atoms with van der Waals surface area (Å²) >= 11 is 5.58. The summed E-state index contributed by atoms with van der Waals surface area (Å²) in [6.07, 6.45) is -3.48. The molecule has 0 fully saturated rings. The second-order valence-electron chi connectivity index (χ2n) is 6.38. The van der Waals surface area contributed by atoms with Crippen LogP contribution in [0.2, 0.25) is 5.02 Å². The minimum atomic E-state index is -4.77. The third kappa shape index (κ3) is 6.53. The summed E-state index contributed by atoms with van der Waals surface area (Å²) in [5.41, 5.74) is -0.571. The molecule has 0 aliphatic carbocycles. The molecule has 0 aliphatic heterocycles. The highest BCUT2D eigenvalue weighted by molar-refractivity contribution is 7.92. The molecule has 2 aromatic rings. The largest absolute Gasteiger partial charge is 0.497 e. The van der Waals surface area contributed by atoms with Gasteiger partial charge in [-0.1, -0.05) is 23.7 Å². The van der Waals surface area contributed by atoms with Gasteiger partial charge < -0.3 is 10.1 Å². The molecule has 2 aromatic carbocycles. The number of halogens is 4. The molecule has 0 heterocycles. The molecule has 0 radical (unpaired) electrons. The van der Waals surface area contributed by atoms with Crippen LogP contribution in [0.1, 0.15) is 11.1 Å². The second kappa shape index (κ2) is 9.57. The molecule has 0 aliphatic rings. The average Bonchev–Trinajstić information content (AvgIpc) is 2.65. The van der Waals surface area contributed by atoms with Crippen molar-refractivity contribution in [3.8, 4) is 5.75 Å². The average molecular weight is 465 g/mol. The van der Waals surface area contributed by atoms with Crippen LogP contribution in [-0.4, -0.2) is 40.8 Å². The Kier molecular flexibility index (Phi) is 7.59. The number of rotatable bonds is 8. The molecule has 11 heteroatoms. The summed E-state index contributed by atoms with van der Waals surface area (Å²) in [6, 6.07) is 9.83. The Hall–Kier alpha value is -2.46. The number of methoxy groups -OCH3 is 1. The maximum atomic E-state index is 13.1. The van der Waals surface area contributed by atoms with E-state index >= 15 is 0 Å². The fraction of sp³-hybridized carbons (Fsp3) is 0.316. The monoisotopic (exact) mass is 464 g/mol. The van der Waals surface area contributed by atoms with Gasteiger partial charge in [-0.15, -0.1) is 0 Å². The number of nitrogens with zero attached hydrogens (tertiary/aromatic N) is 1. The highest BCUT2D eigenvalue weighted by atomic mass is 35.5. The predicted octanol–water partition coefficient (Wildman–Crippen LogP) is 3.49. The molecule has 30 heavy (non-hydrogen) atoms. The lowest BCUT2D eigenvalue weighted by Gasteiger charge is -2.23. The topological polar surface area (TPSA) is 75.7 Å². The highest BCUT2D eigenvalue weighted by Gasteiger charge is 2.34. The standard InChI is InChI=1S/C19H20ClF3N2O4S/c1-29-15-6-3-13(4-7-15)9-10-24-18(26)12-25(30(2,27)28)14-5-8-17(20)16(11-14)19(21,22)23/h3-8,11H,9-10,12H2,1-2H3,(H,24,26).